The first kappa shape index (κ1) is 14.6. The van der Waals surface area contributed by atoms with Gasteiger partial charge in [-0.25, -0.2) is 9.37 Å². The number of alkyl halides is 1. The molecule has 1 saturated heterocycles. The standard InChI is InChI=1S/C15H18FN5O/c1-20-8-11(16)13(9-20)19-15-18-12(7-14(22)21(15)2)10-3-5-17-6-4-10/h3-7,11,13H,8-9H2,1-2H3,(H,18,19)/t11-,13+/m0/s1. The number of likely N-dealkylation sites (tertiary alicyclic amines) is 1. The molecule has 7 heteroatoms. The maximum atomic E-state index is 14.0. The molecule has 0 saturated carbocycles. The molecule has 0 radical (unpaired) electrons. The number of anilines is 1. The first-order chi connectivity index (χ1) is 10.5. The largest absolute Gasteiger partial charge is 0.349 e. The third-order valence-corrected chi connectivity index (χ3v) is 3.86. The summed E-state index contributed by atoms with van der Waals surface area (Å²) in [5.41, 5.74) is 1.16. The predicted molar refractivity (Wildman–Crippen MR) is 82.5 cm³/mol. The molecule has 2 aromatic heterocycles. The van der Waals surface area contributed by atoms with Crippen LogP contribution in [0.5, 0.6) is 0 Å². The zero-order valence-electron chi connectivity index (χ0n) is 12.5. The van der Waals surface area contributed by atoms with Crippen LogP contribution in [0.25, 0.3) is 11.3 Å². The lowest BCUT2D eigenvalue weighted by Crippen LogP contribution is -2.33. The molecule has 2 atom stereocenters. The maximum Gasteiger partial charge on any atom is 0.255 e. The molecule has 0 aliphatic carbocycles. The van der Waals surface area contributed by atoms with Crippen molar-refractivity contribution in [3.05, 3.63) is 40.9 Å². The normalized spacial score (nSPS) is 22.0. The Morgan fingerprint density at radius 1 is 1.27 bits per heavy atom. The van der Waals surface area contributed by atoms with Crippen LogP contribution in [0.3, 0.4) is 0 Å². The minimum Gasteiger partial charge on any atom is -0.349 e. The van der Waals surface area contributed by atoms with Crippen molar-refractivity contribution in [3.8, 4) is 11.3 Å². The molecule has 3 rings (SSSR count). The summed E-state index contributed by atoms with van der Waals surface area (Å²) >= 11 is 0. The lowest BCUT2D eigenvalue weighted by atomic mass is 10.2. The summed E-state index contributed by atoms with van der Waals surface area (Å²) in [5.74, 6) is 0.377. The Balaban J connectivity index is 1.94. The molecule has 1 N–H and O–H groups in total. The van der Waals surface area contributed by atoms with Gasteiger partial charge in [0.25, 0.3) is 5.56 Å². The lowest BCUT2D eigenvalue weighted by molar-refractivity contribution is 0.313. The second-order valence-electron chi connectivity index (χ2n) is 5.59. The molecule has 116 valence electrons. The van der Waals surface area contributed by atoms with Crippen molar-refractivity contribution in [2.45, 2.75) is 12.2 Å². The van der Waals surface area contributed by atoms with Crippen molar-refractivity contribution in [1.29, 1.82) is 0 Å². The third kappa shape index (κ3) is 2.85. The van der Waals surface area contributed by atoms with Gasteiger partial charge in [-0.15, -0.1) is 0 Å². The minimum atomic E-state index is -0.980. The molecule has 2 aromatic rings. The number of hydrogen-bond donors (Lipinski definition) is 1. The molecule has 0 bridgehead atoms. The number of likely N-dealkylation sites (N-methyl/N-ethyl adjacent to an activating group) is 1. The number of rotatable bonds is 3. The summed E-state index contributed by atoms with van der Waals surface area (Å²) < 4.78 is 15.4. The van der Waals surface area contributed by atoms with E-state index in [1.54, 1.807) is 31.6 Å². The van der Waals surface area contributed by atoms with Gasteiger partial charge in [0.2, 0.25) is 5.95 Å². The van der Waals surface area contributed by atoms with Crippen LogP contribution in [0.15, 0.2) is 35.4 Å². The molecular formula is C15H18FN5O. The number of pyridine rings is 1. The average molecular weight is 303 g/mol. The van der Waals surface area contributed by atoms with E-state index < -0.39 is 6.17 Å². The van der Waals surface area contributed by atoms with Gasteiger partial charge >= 0.3 is 0 Å². The molecule has 1 aliphatic heterocycles. The van der Waals surface area contributed by atoms with Crippen LogP contribution in [0.2, 0.25) is 0 Å². The van der Waals surface area contributed by atoms with Crippen LogP contribution >= 0.6 is 0 Å². The molecule has 3 heterocycles. The van der Waals surface area contributed by atoms with Gasteiger partial charge in [-0.05, 0) is 19.2 Å². The number of nitrogens with zero attached hydrogens (tertiary/aromatic N) is 4. The number of aromatic nitrogens is 3. The number of hydrogen-bond acceptors (Lipinski definition) is 5. The summed E-state index contributed by atoms with van der Waals surface area (Å²) in [5, 5.41) is 3.06. The van der Waals surface area contributed by atoms with Crippen molar-refractivity contribution < 1.29 is 4.39 Å². The second kappa shape index (κ2) is 5.84. The Bertz CT molecular complexity index is 718. The SMILES string of the molecule is CN1C[C@H](F)[C@H](Nc2nc(-c3ccncc3)cc(=O)n2C)C1. The highest BCUT2D eigenvalue weighted by molar-refractivity contribution is 5.59. The van der Waals surface area contributed by atoms with Crippen molar-refractivity contribution >= 4 is 5.95 Å². The molecule has 1 fully saturated rings. The summed E-state index contributed by atoms with van der Waals surface area (Å²) in [7, 11) is 3.49. The molecule has 6 nitrogen and oxygen atoms in total. The second-order valence-corrected chi connectivity index (χ2v) is 5.59. The fourth-order valence-corrected chi connectivity index (χ4v) is 2.59. The summed E-state index contributed by atoms with van der Waals surface area (Å²) in [6, 6.07) is 4.67. The van der Waals surface area contributed by atoms with Crippen molar-refractivity contribution in [3.63, 3.8) is 0 Å². The first-order valence-electron chi connectivity index (χ1n) is 7.12. The van der Waals surface area contributed by atoms with Gasteiger partial charge in [-0.2, -0.15) is 0 Å². The van der Waals surface area contributed by atoms with Crippen LogP contribution in [0.1, 0.15) is 0 Å². The van der Waals surface area contributed by atoms with Gasteiger partial charge in [-0.1, -0.05) is 0 Å². The van der Waals surface area contributed by atoms with Crippen LogP contribution in [-0.2, 0) is 7.05 Å². The van der Waals surface area contributed by atoms with Gasteiger partial charge in [-0.3, -0.25) is 14.3 Å². The monoisotopic (exact) mass is 303 g/mol. The topological polar surface area (TPSA) is 63.0 Å². The van der Waals surface area contributed by atoms with E-state index in [0.717, 1.165) is 5.56 Å². The highest BCUT2D eigenvalue weighted by atomic mass is 19.1. The Labute approximate surface area is 127 Å². The fraction of sp³-hybridized carbons (Fsp3) is 0.400. The van der Waals surface area contributed by atoms with E-state index in [1.165, 1.54) is 10.6 Å². The number of halogens is 1. The Hall–Kier alpha value is -2.28. The smallest absolute Gasteiger partial charge is 0.255 e. The van der Waals surface area contributed by atoms with E-state index >= 15 is 0 Å². The molecule has 0 amide bonds. The highest BCUT2D eigenvalue weighted by Crippen LogP contribution is 2.19. The van der Waals surface area contributed by atoms with E-state index in [0.29, 0.717) is 24.7 Å². The zero-order valence-corrected chi connectivity index (χ0v) is 12.5. The molecule has 0 unspecified atom stereocenters. The van der Waals surface area contributed by atoms with Crippen molar-refractivity contribution in [2.75, 3.05) is 25.5 Å². The van der Waals surface area contributed by atoms with Gasteiger partial charge in [0.15, 0.2) is 0 Å². The molecule has 1 aliphatic rings. The first-order valence-corrected chi connectivity index (χ1v) is 7.12. The quantitative estimate of drug-likeness (QED) is 0.913. The third-order valence-electron chi connectivity index (χ3n) is 3.86. The van der Waals surface area contributed by atoms with Gasteiger partial charge in [0.1, 0.15) is 6.17 Å². The molecule has 0 aromatic carbocycles. The van der Waals surface area contributed by atoms with Crippen LogP contribution in [0.4, 0.5) is 10.3 Å². The fourth-order valence-electron chi connectivity index (χ4n) is 2.59. The Kier molecular flexibility index (Phi) is 3.89. The van der Waals surface area contributed by atoms with Gasteiger partial charge < -0.3 is 10.2 Å². The van der Waals surface area contributed by atoms with E-state index in [4.69, 9.17) is 0 Å². The molecule has 0 spiro atoms. The summed E-state index contributed by atoms with van der Waals surface area (Å²) in [6.45, 7) is 0.964. The van der Waals surface area contributed by atoms with Crippen LogP contribution in [0, 0.1) is 0 Å². The van der Waals surface area contributed by atoms with Crippen LogP contribution < -0.4 is 10.9 Å². The van der Waals surface area contributed by atoms with E-state index in [1.807, 2.05) is 11.9 Å². The van der Waals surface area contributed by atoms with E-state index in [9.17, 15) is 9.18 Å². The maximum absolute atomic E-state index is 14.0. The van der Waals surface area contributed by atoms with Crippen molar-refractivity contribution in [1.82, 2.24) is 19.4 Å². The average Bonchev–Trinajstić information content (AvgIpc) is 2.82. The van der Waals surface area contributed by atoms with Crippen molar-refractivity contribution in [2.24, 2.45) is 7.05 Å². The summed E-state index contributed by atoms with van der Waals surface area (Å²) in [4.78, 5) is 22.4. The predicted octanol–water partition coefficient (Wildman–Crippen LogP) is 0.906. The van der Waals surface area contributed by atoms with Gasteiger partial charge in [0, 0.05) is 44.2 Å². The number of nitrogens with one attached hydrogen (secondary N) is 1. The van der Waals surface area contributed by atoms with E-state index in [-0.39, 0.29) is 11.6 Å². The zero-order chi connectivity index (χ0) is 15.7. The van der Waals surface area contributed by atoms with Crippen LogP contribution in [-0.4, -0.2) is 51.8 Å². The Morgan fingerprint density at radius 3 is 2.64 bits per heavy atom. The van der Waals surface area contributed by atoms with E-state index in [2.05, 4.69) is 15.3 Å². The molecular weight excluding hydrogens is 285 g/mol. The highest BCUT2D eigenvalue weighted by Gasteiger charge is 2.31. The Morgan fingerprint density at radius 2 is 2.00 bits per heavy atom. The van der Waals surface area contributed by atoms with Gasteiger partial charge in [0.05, 0.1) is 11.7 Å². The molecule has 22 heavy (non-hydrogen) atoms. The lowest BCUT2D eigenvalue weighted by Gasteiger charge is -2.17. The minimum absolute atomic E-state index is 0.189. The summed E-state index contributed by atoms with van der Waals surface area (Å²) in [6.07, 6.45) is 2.31.